The van der Waals surface area contributed by atoms with Crippen molar-refractivity contribution in [3.05, 3.63) is 59.4 Å². The van der Waals surface area contributed by atoms with Gasteiger partial charge in [0.25, 0.3) is 5.91 Å². The number of carbonyl (C=O) groups excluding carboxylic acids is 1. The van der Waals surface area contributed by atoms with E-state index in [4.69, 9.17) is 9.84 Å². The smallest absolute Gasteiger partial charge is 0.433 e. The van der Waals surface area contributed by atoms with E-state index in [1.54, 1.807) is 24.3 Å². The van der Waals surface area contributed by atoms with Gasteiger partial charge in [0.15, 0.2) is 0 Å². The van der Waals surface area contributed by atoms with E-state index in [1.807, 2.05) is 0 Å². The van der Waals surface area contributed by atoms with Gasteiger partial charge in [0.2, 0.25) is 0 Å². The second kappa shape index (κ2) is 9.02. The Morgan fingerprint density at radius 3 is 2.37 bits per heavy atom. The van der Waals surface area contributed by atoms with Crippen LogP contribution < -0.4 is 10.1 Å². The number of hydrogen-bond donors (Lipinski definition) is 2. The van der Waals surface area contributed by atoms with Gasteiger partial charge in [-0.25, -0.2) is 0 Å². The Morgan fingerprint density at radius 2 is 1.81 bits per heavy atom. The van der Waals surface area contributed by atoms with Gasteiger partial charge >= 0.3 is 12.1 Å². The van der Waals surface area contributed by atoms with Crippen LogP contribution in [0.3, 0.4) is 0 Å². The number of rotatable bonds is 8. The summed E-state index contributed by atoms with van der Waals surface area (Å²) in [6.45, 7) is 0.461. The van der Waals surface area contributed by atoms with E-state index in [2.05, 4.69) is 10.3 Å². The molecule has 27 heavy (non-hydrogen) atoms. The number of benzene rings is 1. The lowest BCUT2D eigenvalue weighted by Crippen LogP contribution is -2.23. The molecule has 1 aromatic carbocycles. The second-order valence-electron chi connectivity index (χ2n) is 5.60. The molecule has 0 aliphatic carbocycles. The average molecular weight is 382 g/mol. The van der Waals surface area contributed by atoms with E-state index in [-0.39, 0.29) is 25.1 Å². The van der Waals surface area contributed by atoms with Crippen LogP contribution in [0, 0.1) is 0 Å². The molecule has 0 saturated carbocycles. The summed E-state index contributed by atoms with van der Waals surface area (Å²) < 4.78 is 42.8. The number of aliphatic carboxylic acids is 1. The first-order chi connectivity index (χ1) is 12.8. The van der Waals surface area contributed by atoms with Crippen LogP contribution in [0.15, 0.2) is 42.6 Å². The number of hydrogen-bond acceptors (Lipinski definition) is 4. The number of aromatic nitrogens is 1. The van der Waals surface area contributed by atoms with Crippen molar-refractivity contribution in [3.63, 3.8) is 0 Å². The summed E-state index contributed by atoms with van der Waals surface area (Å²) in [5.74, 6) is -0.847. The largest absolute Gasteiger partial charge is 0.494 e. The highest BCUT2D eigenvalue weighted by molar-refractivity contribution is 5.93. The van der Waals surface area contributed by atoms with Gasteiger partial charge in [0.1, 0.15) is 11.4 Å². The van der Waals surface area contributed by atoms with Crippen molar-refractivity contribution >= 4 is 11.9 Å². The number of ether oxygens (including phenoxy) is 1. The number of pyridine rings is 1. The molecule has 0 saturated heterocycles. The van der Waals surface area contributed by atoms with Crippen molar-refractivity contribution in [3.8, 4) is 5.75 Å². The van der Waals surface area contributed by atoms with E-state index >= 15 is 0 Å². The van der Waals surface area contributed by atoms with Crippen molar-refractivity contribution in [2.24, 2.45) is 0 Å². The van der Waals surface area contributed by atoms with Crippen molar-refractivity contribution in [2.75, 3.05) is 6.61 Å². The number of nitrogens with zero attached hydrogens (tertiary/aromatic N) is 1. The van der Waals surface area contributed by atoms with Gasteiger partial charge in [-0.15, -0.1) is 0 Å². The molecule has 0 atom stereocenters. The Labute approximate surface area is 153 Å². The summed E-state index contributed by atoms with van der Waals surface area (Å²) >= 11 is 0. The monoisotopic (exact) mass is 382 g/mol. The molecule has 0 aliphatic heterocycles. The normalized spacial score (nSPS) is 11.1. The lowest BCUT2D eigenvalue weighted by atomic mass is 10.2. The SMILES string of the molecule is O=C(O)CCCOc1ccc(CNC(=O)c2ccc(C(F)(F)F)nc2)cc1. The number of halogens is 3. The van der Waals surface area contributed by atoms with E-state index in [1.165, 1.54) is 0 Å². The standard InChI is InChI=1S/C18H17F3N2O4/c19-18(20,21)15-8-5-13(11-22-15)17(26)23-10-12-3-6-14(7-4-12)27-9-1-2-16(24)25/h3-8,11H,1-2,9-10H2,(H,23,26)(H,24,25). The fourth-order valence-corrected chi connectivity index (χ4v) is 2.10. The van der Waals surface area contributed by atoms with Crippen LogP contribution in [0.2, 0.25) is 0 Å². The molecule has 1 heterocycles. The van der Waals surface area contributed by atoms with Gasteiger partial charge in [-0.1, -0.05) is 12.1 Å². The zero-order valence-electron chi connectivity index (χ0n) is 14.1. The van der Waals surface area contributed by atoms with Crippen LogP contribution in [0.4, 0.5) is 13.2 Å². The molecule has 0 spiro atoms. The molecular formula is C18H17F3N2O4. The number of nitrogens with one attached hydrogen (secondary N) is 1. The van der Waals surface area contributed by atoms with Crippen LogP contribution >= 0.6 is 0 Å². The molecule has 6 nitrogen and oxygen atoms in total. The summed E-state index contributed by atoms with van der Waals surface area (Å²) in [5, 5.41) is 11.1. The first kappa shape index (κ1) is 20.2. The third kappa shape index (κ3) is 6.61. The molecule has 1 aromatic heterocycles. The van der Waals surface area contributed by atoms with Crippen molar-refractivity contribution in [1.29, 1.82) is 0 Å². The van der Waals surface area contributed by atoms with Gasteiger partial charge in [-0.3, -0.25) is 14.6 Å². The molecule has 9 heteroatoms. The molecule has 144 valence electrons. The van der Waals surface area contributed by atoms with E-state index < -0.39 is 23.7 Å². The Balaban J connectivity index is 1.82. The van der Waals surface area contributed by atoms with Gasteiger partial charge < -0.3 is 15.2 Å². The van der Waals surface area contributed by atoms with Crippen molar-refractivity contribution < 1.29 is 32.6 Å². The van der Waals surface area contributed by atoms with Crippen LogP contribution in [0.5, 0.6) is 5.75 Å². The Hall–Kier alpha value is -3.10. The van der Waals surface area contributed by atoms with Gasteiger partial charge in [0.05, 0.1) is 12.2 Å². The Morgan fingerprint density at radius 1 is 1.11 bits per heavy atom. The minimum Gasteiger partial charge on any atom is -0.494 e. The highest BCUT2D eigenvalue weighted by atomic mass is 19.4. The number of carboxylic acids is 1. The summed E-state index contributed by atoms with van der Waals surface area (Å²) in [6.07, 6.45) is -3.24. The molecule has 1 amide bonds. The Kier molecular flexibility index (Phi) is 6.75. The lowest BCUT2D eigenvalue weighted by molar-refractivity contribution is -0.141. The van der Waals surface area contributed by atoms with Crippen molar-refractivity contribution in [2.45, 2.75) is 25.6 Å². The number of carboxylic acid groups (broad SMARTS) is 1. The lowest BCUT2D eigenvalue weighted by Gasteiger charge is -2.09. The first-order valence-electron chi connectivity index (χ1n) is 8.00. The number of amides is 1. The minimum atomic E-state index is -4.55. The van der Waals surface area contributed by atoms with Crippen LogP contribution in [0.1, 0.15) is 34.5 Å². The number of carbonyl (C=O) groups is 2. The topological polar surface area (TPSA) is 88.5 Å². The highest BCUT2D eigenvalue weighted by Gasteiger charge is 2.32. The van der Waals surface area contributed by atoms with Crippen LogP contribution in [-0.4, -0.2) is 28.6 Å². The maximum absolute atomic E-state index is 12.5. The first-order valence-corrected chi connectivity index (χ1v) is 8.00. The zero-order valence-corrected chi connectivity index (χ0v) is 14.1. The molecule has 0 radical (unpaired) electrons. The fourth-order valence-electron chi connectivity index (χ4n) is 2.10. The van der Waals surface area contributed by atoms with E-state index in [0.717, 1.165) is 23.9 Å². The molecular weight excluding hydrogens is 365 g/mol. The molecule has 0 unspecified atom stereocenters. The predicted molar refractivity (Wildman–Crippen MR) is 89.2 cm³/mol. The number of alkyl halides is 3. The van der Waals surface area contributed by atoms with E-state index in [0.29, 0.717) is 12.2 Å². The van der Waals surface area contributed by atoms with Crippen LogP contribution in [-0.2, 0) is 17.5 Å². The third-order valence-electron chi connectivity index (χ3n) is 3.50. The average Bonchev–Trinajstić information content (AvgIpc) is 2.63. The van der Waals surface area contributed by atoms with Crippen LogP contribution in [0.25, 0.3) is 0 Å². The summed E-state index contributed by atoms with van der Waals surface area (Å²) in [7, 11) is 0. The predicted octanol–water partition coefficient (Wildman–Crippen LogP) is 3.27. The fraction of sp³-hybridized carbons (Fsp3) is 0.278. The molecule has 0 aliphatic rings. The molecule has 0 bridgehead atoms. The molecule has 2 aromatic rings. The second-order valence-corrected chi connectivity index (χ2v) is 5.60. The summed E-state index contributed by atoms with van der Waals surface area (Å²) in [4.78, 5) is 25.6. The molecule has 0 fully saturated rings. The third-order valence-corrected chi connectivity index (χ3v) is 3.50. The van der Waals surface area contributed by atoms with Gasteiger partial charge in [0, 0.05) is 19.2 Å². The quantitative estimate of drug-likeness (QED) is 0.684. The van der Waals surface area contributed by atoms with Gasteiger partial charge in [-0.05, 0) is 36.2 Å². The summed E-state index contributed by atoms with van der Waals surface area (Å²) in [5.41, 5.74) is -0.263. The molecule has 2 rings (SSSR count). The Bertz CT molecular complexity index is 775. The summed E-state index contributed by atoms with van der Waals surface area (Å²) in [6, 6.07) is 8.63. The van der Waals surface area contributed by atoms with Crippen molar-refractivity contribution in [1.82, 2.24) is 10.3 Å². The molecule has 2 N–H and O–H groups in total. The zero-order chi connectivity index (χ0) is 19.9. The van der Waals surface area contributed by atoms with Gasteiger partial charge in [-0.2, -0.15) is 13.2 Å². The minimum absolute atomic E-state index is 0.0291. The maximum Gasteiger partial charge on any atom is 0.433 e. The maximum atomic E-state index is 12.5. The highest BCUT2D eigenvalue weighted by Crippen LogP contribution is 2.27. The van der Waals surface area contributed by atoms with E-state index in [9.17, 15) is 22.8 Å².